The smallest absolute Gasteiger partial charge is 0.0541 e. The maximum absolute atomic E-state index is 4.28. The van der Waals surface area contributed by atoms with Gasteiger partial charge in [0.15, 0.2) is 0 Å². The van der Waals surface area contributed by atoms with Gasteiger partial charge < -0.3 is 10.6 Å². The molecule has 3 nitrogen and oxygen atoms in total. The number of likely N-dealkylation sites (N-methyl/N-ethyl adjacent to an activating group) is 1. The van der Waals surface area contributed by atoms with Gasteiger partial charge in [0.05, 0.1) is 5.69 Å². The molecule has 0 aromatic carbocycles. The molecule has 0 aliphatic rings. The third kappa shape index (κ3) is 4.29. The first-order chi connectivity index (χ1) is 7.54. The van der Waals surface area contributed by atoms with Crippen molar-refractivity contribution >= 4 is 0 Å². The Morgan fingerprint density at radius 2 is 2.06 bits per heavy atom. The van der Waals surface area contributed by atoms with Crippen LogP contribution >= 0.6 is 0 Å². The number of pyridine rings is 1. The minimum absolute atomic E-state index is 0.270. The van der Waals surface area contributed by atoms with Crippen molar-refractivity contribution < 1.29 is 0 Å². The Labute approximate surface area is 98.7 Å². The second-order valence-corrected chi connectivity index (χ2v) is 5.16. The van der Waals surface area contributed by atoms with E-state index < -0.39 is 0 Å². The van der Waals surface area contributed by atoms with Crippen LogP contribution in [0.5, 0.6) is 0 Å². The van der Waals surface area contributed by atoms with Gasteiger partial charge in [-0.15, -0.1) is 0 Å². The van der Waals surface area contributed by atoms with E-state index in [1.165, 1.54) is 0 Å². The zero-order valence-corrected chi connectivity index (χ0v) is 10.7. The van der Waals surface area contributed by atoms with Gasteiger partial charge in [-0.2, -0.15) is 0 Å². The summed E-state index contributed by atoms with van der Waals surface area (Å²) in [6, 6.07) is 6.47. The molecule has 0 fully saturated rings. The van der Waals surface area contributed by atoms with E-state index in [4.69, 9.17) is 0 Å². The Balaban J connectivity index is 2.35. The Bertz CT molecular complexity index is 290. The predicted octanol–water partition coefficient (Wildman–Crippen LogP) is 1.81. The summed E-state index contributed by atoms with van der Waals surface area (Å²) in [5, 5.41) is 6.78. The van der Waals surface area contributed by atoms with E-state index in [9.17, 15) is 0 Å². The van der Waals surface area contributed by atoms with Gasteiger partial charge in [-0.3, -0.25) is 4.98 Å². The van der Waals surface area contributed by atoms with E-state index >= 15 is 0 Å². The third-order valence-electron chi connectivity index (χ3n) is 2.77. The van der Waals surface area contributed by atoms with Crippen LogP contribution in [0, 0.1) is 5.41 Å². The molecule has 0 aliphatic carbocycles. The molecule has 1 aromatic rings. The van der Waals surface area contributed by atoms with Crippen molar-refractivity contribution in [2.24, 2.45) is 5.41 Å². The summed E-state index contributed by atoms with van der Waals surface area (Å²) in [5.41, 5.74) is 1.36. The summed E-state index contributed by atoms with van der Waals surface area (Å²) in [4.78, 5) is 4.28. The minimum Gasteiger partial charge on any atom is -0.315 e. The molecule has 0 saturated heterocycles. The number of hydrogen-bond acceptors (Lipinski definition) is 3. The van der Waals surface area contributed by atoms with Crippen LogP contribution < -0.4 is 10.6 Å². The number of nitrogens with one attached hydrogen (secondary N) is 2. The van der Waals surface area contributed by atoms with Gasteiger partial charge in [0.1, 0.15) is 0 Å². The molecular weight excluding hydrogens is 198 g/mol. The maximum atomic E-state index is 4.28. The molecule has 0 saturated carbocycles. The van der Waals surface area contributed by atoms with E-state index in [-0.39, 0.29) is 5.41 Å². The molecule has 1 atom stereocenters. The van der Waals surface area contributed by atoms with E-state index in [2.05, 4.69) is 36.4 Å². The molecule has 0 radical (unpaired) electrons. The summed E-state index contributed by atoms with van der Waals surface area (Å²) in [6.07, 6.45) is 1.83. The lowest BCUT2D eigenvalue weighted by atomic mass is 9.87. The summed E-state index contributed by atoms with van der Waals surface area (Å²) >= 11 is 0. The number of rotatable bonds is 5. The van der Waals surface area contributed by atoms with Gasteiger partial charge in [-0.1, -0.05) is 26.8 Å². The first-order valence-electron chi connectivity index (χ1n) is 5.82. The van der Waals surface area contributed by atoms with Crippen molar-refractivity contribution in [1.82, 2.24) is 15.6 Å². The lowest BCUT2D eigenvalue weighted by Gasteiger charge is -2.30. The summed E-state index contributed by atoms with van der Waals surface area (Å²) in [5.74, 6) is 0. The molecule has 16 heavy (non-hydrogen) atoms. The van der Waals surface area contributed by atoms with Crippen molar-refractivity contribution in [1.29, 1.82) is 0 Å². The highest BCUT2D eigenvalue weighted by Crippen LogP contribution is 2.18. The number of hydrogen-bond donors (Lipinski definition) is 2. The van der Waals surface area contributed by atoms with Crippen LogP contribution in [0.15, 0.2) is 24.4 Å². The van der Waals surface area contributed by atoms with Crippen molar-refractivity contribution in [3.8, 4) is 0 Å². The fourth-order valence-corrected chi connectivity index (χ4v) is 1.69. The van der Waals surface area contributed by atoms with Crippen LogP contribution in [-0.4, -0.2) is 24.6 Å². The van der Waals surface area contributed by atoms with E-state index in [0.29, 0.717) is 6.04 Å². The van der Waals surface area contributed by atoms with Crippen LogP contribution in [-0.2, 0) is 6.54 Å². The van der Waals surface area contributed by atoms with Crippen LogP contribution in [0.1, 0.15) is 26.5 Å². The zero-order chi connectivity index (χ0) is 12.0. The maximum Gasteiger partial charge on any atom is 0.0541 e. The van der Waals surface area contributed by atoms with Crippen molar-refractivity contribution in [3.63, 3.8) is 0 Å². The van der Waals surface area contributed by atoms with Crippen LogP contribution in [0.25, 0.3) is 0 Å². The molecule has 0 spiro atoms. The normalized spacial score (nSPS) is 13.8. The van der Waals surface area contributed by atoms with E-state index in [1.54, 1.807) is 0 Å². The number of aromatic nitrogens is 1. The second-order valence-electron chi connectivity index (χ2n) is 5.16. The second kappa shape index (κ2) is 5.97. The average Bonchev–Trinajstić information content (AvgIpc) is 2.24. The molecular formula is C13H23N3. The molecule has 1 rings (SSSR count). The minimum atomic E-state index is 0.270. The summed E-state index contributed by atoms with van der Waals surface area (Å²) in [7, 11) is 2.01. The lowest BCUT2D eigenvalue weighted by molar-refractivity contribution is 0.272. The Hall–Kier alpha value is -0.930. The largest absolute Gasteiger partial charge is 0.315 e. The topological polar surface area (TPSA) is 37.0 Å². The standard InChI is InChI=1S/C13H23N3/c1-13(2,3)12(14-4)10-15-9-11-7-5-6-8-16-11/h5-8,12,14-15H,9-10H2,1-4H3/t12-/m1/s1. The van der Waals surface area contributed by atoms with E-state index in [1.807, 2.05) is 31.4 Å². The highest BCUT2D eigenvalue weighted by Gasteiger charge is 2.22. The molecule has 0 unspecified atom stereocenters. The molecule has 3 heteroatoms. The monoisotopic (exact) mass is 221 g/mol. The Morgan fingerprint density at radius 1 is 1.31 bits per heavy atom. The first kappa shape index (κ1) is 13.1. The van der Waals surface area contributed by atoms with Crippen LogP contribution in [0.4, 0.5) is 0 Å². The fraction of sp³-hybridized carbons (Fsp3) is 0.615. The predicted molar refractivity (Wildman–Crippen MR) is 68.2 cm³/mol. The van der Waals surface area contributed by atoms with E-state index in [0.717, 1.165) is 18.8 Å². The summed E-state index contributed by atoms with van der Waals surface area (Å²) < 4.78 is 0. The highest BCUT2D eigenvalue weighted by atomic mass is 15.0. The molecule has 0 bridgehead atoms. The van der Waals surface area contributed by atoms with Gasteiger partial charge in [-0.05, 0) is 24.6 Å². The lowest BCUT2D eigenvalue weighted by Crippen LogP contribution is -2.45. The van der Waals surface area contributed by atoms with Crippen LogP contribution in [0.2, 0.25) is 0 Å². The van der Waals surface area contributed by atoms with Crippen LogP contribution in [0.3, 0.4) is 0 Å². The van der Waals surface area contributed by atoms with Crippen molar-refractivity contribution in [2.45, 2.75) is 33.4 Å². The number of nitrogens with zero attached hydrogens (tertiary/aromatic N) is 1. The Morgan fingerprint density at radius 3 is 2.56 bits per heavy atom. The third-order valence-corrected chi connectivity index (χ3v) is 2.77. The van der Waals surface area contributed by atoms with Crippen molar-refractivity contribution in [2.75, 3.05) is 13.6 Å². The average molecular weight is 221 g/mol. The van der Waals surface area contributed by atoms with Gasteiger partial charge in [0, 0.05) is 25.3 Å². The summed E-state index contributed by atoms with van der Waals surface area (Å²) in [6.45, 7) is 8.52. The molecule has 1 heterocycles. The Kier molecular flexibility index (Phi) is 4.90. The van der Waals surface area contributed by atoms with Crippen molar-refractivity contribution in [3.05, 3.63) is 30.1 Å². The molecule has 0 aliphatic heterocycles. The quantitative estimate of drug-likeness (QED) is 0.796. The molecule has 90 valence electrons. The highest BCUT2D eigenvalue weighted by molar-refractivity contribution is 5.03. The molecule has 2 N–H and O–H groups in total. The van der Waals surface area contributed by atoms with Gasteiger partial charge in [0.25, 0.3) is 0 Å². The van der Waals surface area contributed by atoms with Gasteiger partial charge in [-0.25, -0.2) is 0 Å². The zero-order valence-electron chi connectivity index (χ0n) is 10.7. The SMILES string of the molecule is CN[C@H](CNCc1ccccn1)C(C)(C)C. The fourth-order valence-electron chi connectivity index (χ4n) is 1.69. The molecule has 1 aromatic heterocycles. The molecule has 0 amide bonds. The first-order valence-corrected chi connectivity index (χ1v) is 5.82. The van der Waals surface area contributed by atoms with Gasteiger partial charge in [0.2, 0.25) is 0 Å². The van der Waals surface area contributed by atoms with Gasteiger partial charge >= 0.3 is 0 Å².